The lowest BCUT2D eigenvalue weighted by atomic mass is 10.1. The topological polar surface area (TPSA) is 96.2 Å². The zero-order chi connectivity index (χ0) is 29.2. The van der Waals surface area contributed by atoms with Crippen LogP contribution >= 0.6 is 11.6 Å². The highest BCUT2D eigenvalue weighted by atomic mass is 35.5. The van der Waals surface area contributed by atoms with Crippen LogP contribution in [0.5, 0.6) is 5.75 Å². The van der Waals surface area contributed by atoms with Crippen LogP contribution in [0.15, 0.2) is 100 Å². The second-order valence-corrected chi connectivity index (χ2v) is 9.30. The molecule has 8 nitrogen and oxygen atoms in total. The van der Waals surface area contributed by atoms with E-state index in [4.69, 9.17) is 20.8 Å². The van der Waals surface area contributed by atoms with Gasteiger partial charge in [-0.05, 0) is 80.1 Å². The SMILES string of the molecule is CCN(CC)c1ccc(/C=C(/NC(=O)c2ccccc2)C(=O)N/N=C\c2ccc(-c3ccc(OC)c(Cl)c3)o2)cc1. The van der Waals surface area contributed by atoms with Crippen LogP contribution < -0.4 is 20.4 Å². The maximum absolute atomic E-state index is 13.1. The number of ether oxygens (including phenoxy) is 1. The molecule has 2 amide bonds. The number of methoxy groups -OCH3 is 1. The third kappa shape index (κ3) is 7.64. The summed E-state index contributed by atoms with van der Waals surface area (Å²) in [6.45, 7) is 5.96. The molecule has 2 N–H and O–H groups in total. The molecule has 0 aliphatic heterocycles. The van der Waals surface area contributed by atoms with Crippen LogP contribution in [0.1, 0.15) is 35.5 Å². The molecular formula is C32H31ClN4O4. The fraction of sp³-hybridized carbons (Fsp3) is 0.156. The summed E-state index contributed by atoms with van der Waals surface area (Å²) < 4.78 is 11.0. The van der Waals surface area contributed by atoms with Gasteiger partial charge in [-0.1, -0.05) is 41.9 Å². The molecule has 0 saturated heterocycles. The number of carbonyl (C=O) groups excluding carboxylic acids is 2. The molecule has 0 saturated carbocycles. The molecule has 0 unspecified atom stereocenters. The lowest BCUT2D eigenvalue weighted by molar-refractivity contribution is -0.117. The van der Waals surface area contributed by atoms with Crippen molar-refractivity contribution in [1.29, 1.82) is 0 Å². The van der Waals surface area contributed by atoms with Crippen LogP contribution in [-0.2, 0) is 4.79 Å². The predicted molar refractivity (Wildman–Crippen MR) is 163 cm³/mol. The fourth-order valence-electron chi connectivity index (χ4n) is 4.09. The Hall–Kier alpha value is -4.82. The standard InChI is InChI=1S/C32H31ClN4O4/c1-4-37(5-2)25-14-11-22(12-15-25)19-28(35-31(38)23-9-7-6-8-10-23)32(39)36-34-21-26-16-18-29(41-26)24-13-17-30(40-3)27(33)20-24/h6-21H,4-5H2,1-3H3,(H,35,38)(H,36,39)/b28-19+,34-21-. The Bertz CT molecular complexity index is 1540. The normalized spacial score (nSPS) is 11.4. The highest BCUT2D eigenvalue weighted by Gasteiger charge is 2.15. The lowest BCUT2D eigenvalue weighted by Crippen LogP contribution is -2.32. The van der Waals surface area contributed by atoms with E-state index in [2.05, 4.69) is 34.6 Å². The van der Waals surface area contributed by atoms with Crippen molar-refractivity contribution in [3.63, 3.8) is 0 Å². The van der Waals surface area contributed by atoms with Gasteiger partial charge < -0.3 is 19.4 Å². The largest absolute Gasteiger partial charge is 0.495 e. The van der Waals surface area contributed by atoms with Crippen molar-refractivity contribution >= 4 is 41.4 Å². The van der Waals surface area contributed by atoms with Gasteiger partial charge in [-0.2, -0.15) is 5.10 Å². The van der Waals surface area contributed by atoms with Gasteiger partial charge in [0.25, 0.3) is 11.8 Å². The Balaban J connectivity index is 1.51. The second-order valence-electron chi connectivity index (χ2n) is 8.89. The van der Waals surface area contributed by atoms with Gasteiger partial charge >= 0.3 is 0 Å². The van der Waals surface area contributed by atoms with Crippen molar-refractivity contribution in [2.24, 2.45) is 5.10 Å². The Kier molecular flexibility index (Phi) is 9.96. The van der Waals surface area contributed by atoms with Crippen molar-refractivity contribution in [2.45, 2.75) is 13.8 Å². The molecule has 0 radical (unpaired) electrons. The van der Waals surface area contributed by atoms with Crippen LogP contribution in [0.4, 0.5) is 5.69 Å². The number of anilines is 1. The number of rotatable bonds is 11. The van der Waals surface area contributed by atoms with Crippen LogP contribution in [0.3, 0.4) is 0 Å². The van der Waals surface area contributed by atoms with Crippen LogP contribution in [-0.4, -0.2) is 38.2 Å². The number of nitrogens with one attached hydrogen (secondary N) is 2. The zero-order valence-corrected chi connectivity index (χ0v) is 23.8. The minimum Gasteiger partial charge on any atom is -0.495 e. The number of carbonyl (C=O) groups is 2. The monoisotopic (exact) mass is 570 g/mol. The van der Waals surface area contributed by atoms with Crippen molar-refractivity contribution in [2.75, 3.05) is 25.1 Å². The van der Waals surface area contributed by atoms with E-state index in [1.165, 1.54) is 6.21 Å². The van der Waals surface area contributed by atoms with E-state index in [0.29, 0.717) is 27.9 Å². The molecule has 3 aromatic carbocycles. The van der Waals surface area contributed by atoms with Crippen molar-refractivity contribution < 1.29 is 18.7 Å². The van der Waals surface area contributed by atoms with E-state index >= 15 is 0 Å². The first kappa shape index (κ1) is 29.2. The first-order valence-corrected chi connectivity index (χ1v) is 13.5. The summed E-state index contributed by atoms with van der Waals surface area (Å²) >= 11 is 6.22. The molecule has 0 aliphatic carbocycles. The number of amides is 2. The van der Waals surface area contributed by atoms with E-state index < -0.39 is 11.8 Å². The molecule has 210 valence electrons. The number of nitrogens with zero attached hydrogens (tertiary/aromatic N) is 2. The minimum absolute atomic E-state index is 0.0413. The quantitative estimate of drug-likeness (QED) is 0.124. The highest BCUT2D eigenvalue weighted by molar-refractivity contribution is 6.32. The molecule has 41 heavy (non-hydrogen) atoms. The summed E-state index contributed by atoms with van der Waals surface area (Å²) in [5.41, 5.74) is 5.52. The molecule has 0 bridgehead atoms. The summed E-state index contributed by atoms with van der Waals surface area (Å²) in [5, 5.41) is 7.20. The summed E-state index contributed by atoms with van der Waals surface area (Å²) in [7, 11) is 1.55. The molecule has 4 aromatic rings. The average Bonchev–Trinajstić information content (AvgIpc) is 3.47. The predicted octanol–water partition coefficient (Wildman–Crippen LogP) is 6.38. The molecule has 0 spiro atoms. The maximum atomic E-state index is 13.1. The van der Waals surface area contributed by atoms with Crippen LogP contribution in [0.25, 0.3) is 17.4 Å². The summed E-state index contributed by atoms with van der Waals surface area (Å²) in [6.07, 6.45) is 2.98. The molecule has 9 heteroatoms. The van der Waals surface area contributed by atoms with Crippen molar-refractivity contribution in [3.05, 3.63) is 113 Å². The number of benzene rings is 3. The Labute approximate surface area is 244 Å². The van der Waals surface area contributed by atoms with Gasteiger partial charge in [-0.15, -0.1) is 0 Å². The van der Waals surface area contributed by atoms with Crippen LogP contribution in [0, 0.1) is 0 Å². The molecular weight excluding hydrogens is 540 g/mol. The Morgan fingerprint density at radius 3 is 2.37 bits per heavy atom. The second kappa shape index (κ2) is 14.0. The van der Waals surface area contributed by atoms with E-state index in [1.54, 1.807) is 61.7 Å². The molecule has 0 fully saturated rings. The smallest absolute Gasteiger partial charge is 0.287 e. The number of furan rings is 1. The third-order valence-electron chi connectivity index (χ3n) is 6.28. The lowest BCUT2D eigenvalue weighted by Gasteiger charge is -2.20. The number of hydrogen-bond acceptors (Lipinski definition) is 6. The highest BCUT2D eigenvalue weighted by Crippen LogP contribution is 2.30. The third-order valence-corrected chi connectivity index (χ3v) is 6.58. The zero-order valence-electron chi connectivity index (χ0n) is 23.1. The number of hydrazone groups is 1. The first-order valence-electron chi connectivity index (χ1n) is 13.1. The fourth-order valence-corrected chi connectivity index (χ4v) is 4.35. The van der Waals surface area contributed by atoms with Gasteiger partial charge in [0.1, 0.15) is 23.0 Å². The maximum Gasteiger partial charge on any atom is 0.287 e. The van der Waals surface area contributed by atoms with Crippen LogP contribution in [0.2, 0.25) is 5.02 Å². The molecule has 1 heterocycles. The average molecular weight is 571 g/mol. The minimum atomic E-state index is -0.591. The van der Waals surface area contributed by atoms with Gasteiger partial charge in [0, 0.05) is 29.9 Å². The Morgan fingerprint density at radius 1 is 0.976 bits per heavy atom. The molecule has 0 aliphatic rings. The summed E-state index contributed by atoms with van der Waals surface area (Å²) in [4.78, 5) is 28.2. The van der Waals surface area contributed by atoms with Gasteiger partial charge in [0.15, 0.2) is 0 Å². The van der Waals surface area contributed by atoms with E-state index in [9.17, 15) is 9.59 Å². The van der Waals surface area contributed by atoms with Gasteiger partial charge in [-0.25, -0.2) is 5.43 Å². The van der Waals surface area contributed by atoms with Gasteiger partial charge in [0.05, 0.1) is 18.3 Å². The van der Waals surface area contributed by atoms with Crippen molar-refractivity contribution in [3.8, 4) is 17.1 Å². The Morgan fingerprint density at radius 2 is 1.71 bits per heavy atom. The van der Waals surface area contributed by atoms with Crippen molar-refractivity contribution in [1.82, 2.24) is 10.7 Å². The van der Waals surface area contributed by atoms with E-state index in [1.807, 2.05) is 36.4 Å². The van der Waals surface area contributed by atoms with Gasteiger partial charge in [0.2, 0.25) is 0 Å². The number of halogens is 1. The first-order chi connectivity index (χ1) is 19.9. The molecule has 0 atom stereocenters. The van der Waals surface area contributed by atoms with Gasteiger partial charge in [-0.3, -0.25) is 9.59 Å². The van der Waals surface area contributed by atoms with E-state index in [-0.39, 0.29) is 5.70 Å². The summed E-state index contributed by atoms with van der Waals surface area (Å²) in [6, 6.07) is 25.2. The van der Waals surface area contributed by atoms with E-state index in [0.717, 1.165) is 29.9 Å². The summed E-state index contributed by atoms with van der Waals surface area (Å²) in [5.74, 6) is 0.551. The number of hydrogen-bond donors (Lipinski definition) is 2. The molecule has 4 rings (SSSR count). The molecule has 1 aromatic heterocycles.